The number of esters is 1. The van der Waals surface area contributed by atoms with Crippen molar-refractivity contribution >= 4 is 11.9 Å². The first-order valence-electron chi connectivity index (χ1n) is 40.6. The van der Waals surface area contributed by atoms with Crippen LogP contribution < -0.4 is 5.32 Å². The first kappa shape index (κ1) is 86.3. The molecule has 0 spiro atoms. The van der Waals surface area contributed by atoms with Gasteiger partial charge in [0.05, 0.1) is 25.4 Å². The summed E-state index contributed by atoms with van der Waals surface area (Å²) in [6, 6.07) is -0.538. The average Bonchev–Trinajstić information content (AvgIpc) is 3.58. The number of nitrogens with one attached hydrogen (secondary N) is 1. The first-order chi connectivity index (χ1) is 43.5. The lowest BCUT2D eigenvalue weighted by molar-refractivity contribution is -0.143. The molecule has 6 nitrogen and oxygen atoms in total. The van der Waals surface area contributed by atoms with Crippen LogP contribution in [0.4, 0.5) is 0 Å². The number of allylic oxidation sites excluding steroid dienone is 4. The Hall–Kier alpha value is -1.66. The number of carbonyl (C=O) groups excluding carboxylic acids is 2. The molecule has 0 aromatic carbocycles. The summed E-state index contributed by atoms with van der Waals surface area (Å²) >= 11 is 0. The van der Waals surface area contributed by atoms with Gasteiger partial charge >= 0.3 is 5.97 Å². The van der Waals surface area contributed by atoms with Gasteiger partial charge in [-0.05, 0) is 57.8 Å². The van der Waals surface area contributed by atoms with E-state index in [-0.39, 0.29) is 18.5 Å². The van der Waals surface area contributed by atoms with Crippen molar-refractivity contribution in [1.29, 1.82) is 0 Å². The van der Waals surface area contributed by atoms with E-state index in [0.717, 1.165) is 51.4 Å². The Bertz CT molecular complexity index is 1380. The van der Waals surface area contributed by atoms with Gasteiger partial charge in [0.2, 0.25) is 5.91 Å². The molecule has 0 heterocycles. The molecule has 0 radical (unpaired) electrons. The van der Waals surface area contributed by atoms with Crippen molar-refractivity contribution in [2.75, 3.05) is 13.2 Å². The molecule has 0 aromatic rings. The van der Waals surface area contributed by atoms with Gasteiger partial charge in [-0.1, -0.05) is 417 Å². The predicted molar refractivity (Wildman–Crippen MR) is 389 cm³/mol. The lowest BCUT2D eigenvalue weighted by Gasteiger charge is -2.22. The van der Waals surface area contributed by atoms with E-state index >= 15 is 0 Å². The molecule has 0 aliphatic rings. The highest BCUT2D eigenvalue weighted by atomic mass is 16.5. The fourth-order valence-electron chi connectivity index (χ4n) is 13.1. The highest BCUT2D eigenvalue weighted by molar-refractivity contribution is 5.76. The summed E-state index contributed by atoms with van der Waals surface area (Å²) < 4.78 is 5.50. The number of hydrogen-bond acceptors (Lipinski definition) is 5. The van der Waals surface area contributed by atoms with Crippen molar-refractivity contribution in [1.82, 2.24) is 5.32 Å². The van der Waals surface area contributed by atoms with E-state index in [9.17, 15) is 19.8 Å². The van der Waals surface area contributed by atoms with Crippen LogP contribution in [0.5, 0.6) is 0 Å². The molecule has 88 heavy (non-hydrogen) atoms. The number of carbonyl (C=O) groups is 2. The van der Waals surface area contributed by atoms with E-state index in [4.69, 9.17) is 4.74 Å². The number of aliphatic hydroxyl groups is 2. The zero-order valence-electron chi connectivity index (χ0n) is 60.0. The quantitative estimate of drug-likeness (QED) is 0.0320. The number of amides is 1. The third-order valence-electron chi connectivity index (χ3n) is 19.3. The smallest absolute Gasteiger partial charge is 0.305 e. The fourth-order valence-corrected chi connectivity index (χ4v) is 13.1. The number of unbranched alkanes of at least 4 members (excludes halogenated alkanes) is 62. The van der Waals surface area contributed by atoms with Crippen molar-refractivity contribution in [3.8, 4) is 0 Å². The Morgan fingerprint density at radius 2 is 0.568 bits per heavy atom. The van der Waals surface area contributed by atoms with Gasteiger partial charge in [-0.2, -0.15) is 0 Å². The van der Waals surface area contributed by atoms with Gasteiger partial charge in [-0.25, -0.2) is 0 Å². The van der Waals surface area contributed by atoms with Crippen LogP contribution in [-0.4, -0.2) is 47.4 Å². The molecule has 3 N–H and O–H groups in total. The molecule has 0 aliphatic heterocycles. The molecule has 0 fully saturated rings. The molecule has 0 bridgehead atoms. The van der Waals surface area contributed by atoms with Gasteiger partial charge in [0.25, 0.3) is 0 Å². The Labute approximate surface area is 551 Å². The molecular weight excluding hydrogens is 1080 g/mol. The van der Waals surface area contributed by atoms with Crippen LogP contribution in [0.2, 0.25) is 0 Å². The maximum atomic E-state index is 12.6. The first-order valence-corrected chi connectivity index (χ1v) is 40.6. The van der Waals surface area contributed by atoms with Gasteiger partial charge in [-0.15, -0.1) is 0 Å². The van der Waals surface area contributed by atoms with Gasteiger partial charge in [0.15, 0.2) is 0 Å². The molecule has 0 rings (SSSR count). The lowest BCUT2D eigenvalue weighted by atomic mass is 10.0. The standard InChI is InChI=1S/C82H159NO5/c1-3-5-7-9-11-13-15-17-19-21-22-40-43-46-50-54-58-62-66-70-74-80(85)79(78-84)83-81(86)75-71-67-63-59-55-51-47-44-41-38-36-34-32-30-28-26-24-23-25-27-29-31-33-35-37-39-42-45-49-53-57-61-65-69-73-77-88-82(87)76-72-68-64-60-56-52-48-20-18-16-14-12-10-8-6-4-2/h14,16,20,48,79-80,84-85H,3-13,15,17-19,21-47,49-78H2,1-2H3,(H,83,86)/b16-14-,48-20-. The minimum atomic E-state index is -0.661. The second-order valence-electron chi connectivity index (χ2n) is 28.1. The average molecular weight is 1240 g/mol. The zero-order valence-corrected chi connectivity index (χ0v) is 60.0. The van der Waals surface area contributed by atoms with Gasteiger partial charge in [0.1, 0.15) is 0 Å². The monoisotopic (exact) mass is 1240 g/mol. The summed E-state index contributed by atoms with van der Waals surface area (Å²) in [6.07, 6.45) is 100.0. The highest BCUT2D eigenvalue weighted by Crippen LogP contribution is 2.20. The Morgan fingerprint density at radius 3 is 0.875 bits per heavy atom. The van der Waals surface area contributed by atoms with Crippen molar-refractivity contribution in [3.63, 3.8) is 0 Å². The van der Waals surface area contributed by atoms with Crippen molar-refractivity contribution in [2.24, 2.45) is 0 Å². The van der Waals surface area contributed by atoms with Crippen molar-refractivity contribution in [3.05, 3.63) is 24.3 Å². The van der Waals surface area contributed by atoms with E-state index in [1.807, 2.05) is 0 Å². The normalized spacial score (nSPS) is 12.5. The molecule has 0 aliphatic carbocycles. The maximum absolute atomic E-state index is 12.6. The zero-order chi connectivity index (χ0) is 63.5. The van der Waals surface area contributed by atoms with E-state index < -0.39 is 12.1 Å². The predicted octanol–water partition coefficient (Wildman–Crippen LogP) is 26.8. The summed E-state index contributed by atoms with van der Waals surface area (Å²) in [6.45, 7) is 4.98. The largest absolute Gasteiger partial charge is 0.466 e. The van der Waals surface area contributed by atoms with E-state index in [1.165, 1.54) is 379 Å². The Morgan fingerprint density at radius 1 is 0.318 bits per heavy atom. The summed E-state index contributed by atoms with van der Waals surface area (Å²) in [4.78, 5) is 24.7. The molecule has 2 atom stereocenters. The summed E-state index contributed by atoms with van der Waals surface area (Å²) in [7, 11) is 0. The van der Waals surface area contributed by atoms with Crippen LogP contribution in [0, 0.1) is 0 Å². The van der Waals surface area contributed by atoms with E-state index in [0.29, 0.717) is 25.9 Å². The molecule has 0 saturated heterocycles. The number of ether oxygens (including phenoxy) is 1. The summed E-state index contributed by atoms with van der Waals surface area (Å²) in [5, 5.41) is 23.5. The van der Waals surface area contributed by atoms with Crippen molar-refractivity contribution < 1.29 is 24.5 Å². The number of aliphatic hydroxyl groups excluding tert-OH is 2. The maximum Gasteiger partial charge on any atom is 0.305 e. The molecule has 6 heteroatoms. The minimum absolute atomic E-state index is 0.0100. The third kappa shape index (κ3) is 73.4. The van der Waals surface area contributed by atoms with Gasteiger partial charge in [-0.3, -0.25) is 9.59 Å². The molecular formula is C82H159NO5. The van der Waals surface area contributed by atoms with Gasteiger partial charge < -0.3 is 20.3 Å². The van der Waals surface area contributed by atoms with E-state index in [2.05, 4.69) is 43.5 Å². The number of rotatable bonds is 77. The molecule has 0 saturated carbocycles. The van der Waals surface area contributed by atoms with Crippen molar-refractivity contribution in [2.45, 2.75) is 475 Å². The third-order valence-corrected chi connectivity index (χ3v) is 19.3. The van der Waals surface area contributed by atoms with Crippen LogP contribution in [0.25, 0.3) is 0 Å². The topological polar surface area (TPSA) is 95.9 Å². The minimum Gasteiger partial charge on any atom is -0.466 e. The lowest BCUT2D eigenvalue weighted by Crippen LogP contribution is -2.45. The Balaban J connectivity index is 3.31. The highest BCUT2D eigenvalue weighted by Gasteiger charge is 2.20. The van der Waals surface area contributed by atoms with Gasteiger partial charge in [0, 0.05) is 12.8 Å². The van der Waals surface area contributed by atoms with Crippen LogP contribution in [-0.2, 0) is 14.3 Å². The molecule has 522 valence electrons. The second-order valence-corrected chi connectivity index (χ2v) is 28.1. The van der Waals surface area contributed by atoms with E-state index in [1.54, 1.807) is 0 Å². The summed E-state index contributed by atoms with van der Waals surface area (Å²) in [5.74, 6) is -0.0144. The summed E-state index contributed by atoms with van der Waals surface area (Å²) in [5.41, 5.74) is 0. The molecule has 2 unspecified atom stereocenters. The van der Waals surface area contributed by atoms with Crippen LogP contribution >= 0.6 is 0 Å². The van der Waals surface area contributed by atoms with Crippen LogP contribution in [0.1, 0.15) is 463 Å². The van der Waals surface area contributed by atoms with Crippen LogP contribution in [0.15, 0.2) is 24.3 Å². The Kier molecular flexibility index (Phi) is 76.3. The molecule has 0 aromatic heterocycles. The number of hydrogen-bond donors (Lipinski definition) is 3. The fraction of sp³-hybridized carbons (Fsp3) is 0.927. The SMILES string of the molecule is CCCCCC/C=C\C/C=C\CCCCCCCC(=O)OCCCCCCCCCCCCCCCCCCCCCCCCCCCCCCCCCCCCCC(=O)NC(CO)C(O)CCCCCCCCCCCCCCCCCCCCCC. The molecule has 1 amide bonds. The second kappa shape index (κ2) is 77.8. The van der Waals surface area contributed by atoms with Crippen LogP contribution in [0.3, 0.4) is 0 Å².